The lowest BCUT2D eigenvalue weighted by molar-refractivity contribution is 0.737. The Morgan fingerprint density at radius 3 is 3.07 bits per heavy atom. The number of thioether (sulfide) groups is 1. The van der Waals surface area contributed by atoms with E-state index < -0.39 is 0 Å². The third-order valence-corrected chi connectivity index (χ3v) is 3.92. The van der Waals surface area contributed by atoms with Gasteiger partial charge < -0.3 is 5.73 Å². The molecular weight excluding hydrogens is 190 g/mol. The quantitative estimate of drug-likeness (QED) is 0.768. The summed E-state index contributed by atoms with van der Waals surface area (Å²) in [4.78, 5) is 1.56. The summed E-state index contributed by atoms with van der Waals surface area (Å²) in [6.07, 6.45) is 4.83. The number of nitrogens with two attached hydrogens (primary N) is 1. The van der Waals surface area contributed by atoms with Gasteiger partial charge in [-0.3, -0.25) is 0 Å². The molecule has 0 bridgehead atoms. The molecule has 0 saturated heterocycles. The number of hydrogen-bond donors (Lipinski definition) is 1. The minimum Gasteiger partial charge on any atom is -0.330 e. The van der Waals surface area contributed by atoms with Gasteiger partial charge in [0.2, 0.25) is 0 Å². The molecule has 1 aromatic carbocycles. The minimum atomic E-state index is 0.822. The molecule has 0 aliphatic carbocycles. The molecule has 1 aliphatic rings. The maximum absolute atomic E-state index is 5.50. The predicted octanol–water partition coefficient (Wildman–Crippen LogP) is 2.62. The number of aryl methyl sites for hydroxylation is 2. The topological polar surface area (TPSA) is 26.0 Å². The minimum absolute atomic E-state index is 0.822. The van der Waals surface area contributed by atoms with E-state index in [0.717, 1.165) is 13.0 Å². The van der Waals surface area contributed by atoms with Crippen molar-refractivity contribution in [1.29, 1.82) is 0 Å². The first-order valence-corrected chi connectivity index (χ1v) is 6.34. The maximum atomic E-state index is 5.50. The van der Waals surface area contributed by atoms with Gasteiger partial charge in [0.25, 0.3) is 0 Å². The highest BCUT2D eigenvalue weighted by molar-refractivity contribution is 7.99. The Balaban J connectivity index is 2.06. The zero-order chi connectivity index (χ0) is 9.80. The number of hydrogen-bond acceptors (Lipinski definition) is 2. The van der Waals surface area contributed by atoms with E-state index >= 15 is 0 Å². The zero-order valence-electron chi connectivity index (χ0n) is 8.46. The Bertz CT molecular complexity index is 309. The van der Waals surface area contributed by atoms with Gasteiger partial charge in [-0.15, -0.1) is 11.8 Å². The van der Waals surface area contributed by atoms with Gasteiger partial charge in [-0.25, -0.2) is 0 Å². The van der Waals surface area contributed by atoms with E-state index in [0.29, 0.717) is 0 Å². The summed E-state index contributed by atoms with van der Waals surface area (Å²) in [6.45, 7) is 0.822. The van der Waals surface area contributed by atoms with Crippen molar-refractivity contribution < 1.29 is 0 Å². The fraction of sp³-hybridized carbons (Fsp3) is 0.500. The summed E-state index contributed by atoms with van der Waals surface area (Å²) in [5.74, 6) is 1.27. The second-order valence-corrected chi connectivity index (χ2v) is 4.85. The van der Waals surface area contributed by atoms with Crippen LogP contribution in [0, 0.1) is 0 Å². The van der Waals surface area contributed by atoms with Crippen LogP contribution in [-0.2, 0) is 12.8 Å². The molecular formula is C12H17NS. The van der Waals surface area contributed by atoms with Crippen LogP contribution >= 0.6 is 11.8 Å². The predicted molar refractivity (Wildman–Crippen MR) is 62.9 cm³/mol. The van der Waals surface area contributed by atoms with Crippen LogP contribution in [0.25, 0.3) is 0 Å². The molecule has 1 nitrogen and oxygen atoms in total. The standard InChI is InChI=1S/C12H17NS/c13-8-2-1-4-10-5-3-6-11-7-9-14-12(10)11/h3,5-6H,1-2,4,7-9,13H2. The number of unbranched alkanes of at least 4 members (excludes halogenated alkanes) is 1. The first-order valence-electron chi connectivity index (χ1n) is 5.35. The van der Waals surface area contributed by atoms with Crippen molar-refractivity contribution in [2.75, 3.05) is 12.3 Å². The fourth-order valence-corrected chi connectivity index (χ4v) is 3.18. The first-order chi connectivity index (χ1) is 6.92. The molecule has 2 N–H and O–H groups in total. The van der Waals surface area contributed by atoms with Crippen LogP contribution in [0.5, 0.6) is 0 Å². The highest BCUT2D eigenvalue weighted by Crippen LogP contribution is 2.34. The lowest BCUT2D eigenvalue weighted by Gasteiger charge is -2.06. The van der Waals surface area contributed by atoms with Crippen molar-refractivity contribution >= 4 is 11.8 Å². The van der Waals surface area contributed by atoms with Gasteiger partial charge in [-0.05, 0) is 43.4 Å². The molecule has 14 heavy (non-hydrogen) atoms. The van der Waals surface area contributed by atoms with Gasteiger partial charge in [0, 0.05) is 10.6 Å². The molecule has 0 saturated carbocycles. The van der Waals surface area contributed by atoms with Gasteiger partial charge in [0.05, 0.1) is 0 Å². The molecule has 0 radical (unpaired) electrons. The Labute approximate surface area is 90.1 Å². The van der Waals surface area contributed by atoms with E-state index in [-0.39, 0.29) is 0 Å². The van der Waals surface area contributed by atoms with Gasteiger partial charge in [0.1, 0.15) is 0 Å². The van der Waals surface area contributed by atoms with Crippen molar-refractivity contribution in [3.63, 3.8) is 0 Å². The molecule has 0 fully saturated rings. The van der Waals surface area contributed by atoms with Crippen LogP contribution in [0.4, 0.5) is 0 Å². The Morgan fingerprint density at radius 1 is 1.29 bits per heavy atom. The zero-order valence-corrected chi connectivity index (χ0v) is 9.28. The van der Waals surface area contributed by atoms with Crippen LogP contribution in [0.2, 0.25) is 0 Å². The van der Waals surface area contributed by atoms with E-state index in [2.05, 4.69) is 18.2 Å². The average Bonchev–Trinajstić information content (AvgIpc) is 2.67. The summed E-state index contributed by atoms with van der Waals surface area (Å²) < 4.78 is 0. The monoisotopic (exact) mass is 207 g/mol. The Morgan fingerprint density at radius 2 is 2.21 bits per heavy atom. The van der Waals surface area contributed by atoms with Crippen LogP contribution in [0.3, 0.4) is 0 Å². The molecule has 1 heterocycles. The summed E-state index contributed by atoms with van der Waals surface area (Å²) in [5, 5.41) is 0. The first kappa shape index (κ1) is 10.1. The smallest absolute Gasteiger partial charge is 0.0136 e. The van der Waals surface area contributed by atoms with Gasteiger partial charge in [-0.2, -0.15) is 0 Å². The molecule has 2 rings (SSSR count). The number of benzene rings is 1. The van der Waals surface area contributed by atoms with Crippen LogP contribution in [0.15, 0.2) is 23.1 Å². The normalized spacial score (nSPS) is 14.4. The molecule has 1 aliphatic heterocycles. The molecule has 0 spiro atoms. The van der Waals surface area contributed by atoms with Gasteiger partial charge >= 0.3 is 0 Å². The maximum Gasteiger partial charge on any atom is 0.0136 e. The number of rotatable bonds is 4. The third kappa shape index (κ3) is 2.12. The second-order valence-electron chi connectivity index (χ2n) is 3.75. The van der Waals surface area contributed by atoms with E-state index in [9.17, 15) is 0 Å². The van der Waals surface area contributed by atoms with E-state index in [4.69, 9.17) is 5.73 Å². The van der Waals surface area contributed by atoms with Crippen molar-refractivity contribution in [1.82, 2.24) is 0 Å². The third-order valence-electron chi connectivity index (χ3n) is 2.70. The molecule has 2 heteroatoms. The largest absolute Gasteiger partial charge is 0.330 e. The molecule has 0 aromatic heterocycles. The lowest BCUT2D eigenvalue weighted by atomic mass is 10.0. The van der Waals surface area contributed by atoms with Crippen LogP contribution in [-0.4, -0.2) is 12.3 Å². The van der Waals surface area contributed by atoms with E-state index in [1.165, 1.54) is 25.0 Å². The van der Waals surface area contributed by atoms with Crippen molar-refractivity contribution in [3.8, 4) is 0 Å². The van der Waals surface area contributed by atoms with Crippen molar-refractivity contribution in [2.24, 2.45) is 5.73 Å². The average molecular weight is 207 g/mol. The fourth-order valence-electron chi connectivity index (χ4n) is 1.94. The Hall–Kier alpha value is -0.470. The highest BCUT2D eigenvalue weighted by Gasteiger charge is 2.14. The van der Waals surface area contributed by atoms with Crippen LogP contribution in [0.1, 0.15) is 24.0 Å². The molecule has 1 aromatic rings. The highest BCUT2D eigenvalue weighted by atomic mass is 32.2. The van der Waals surface area contributed by atoms with Crippen molar-refractivity contribution in [2.45, 2.75) is 30.6 Å². The summed E-state index contributed by atoms with van der Waals surface area (Å²) >= 11 is 2.02. The Kier molecular flexibility index (Phi) is 3.49. The van der Waals surface area contributed by atoms with Gasteiger partial charge in [0.15, 0.2) is 0 Å². The molecule has 76 valence electrons. The van der Waals surface area contributed by atoms with Gasteiger partial charge in [-0.1, -0.05) is 18.2 Å². The second kappa shape index (κ2) is 4.85. The number of fused-ring (bicyclic) bond motifs is 1. The lowest BCUT2D eigenvalue weighted by Crippen LogP contribution is -1.99. The van der Waals surface area contributed by atoms with E-state index in [1.54, 1.807) is 16.0 Å². The molecule has 0 unspecified atom stereocenters. The molecule has 0 atom stereocenters. The summed E-state index contributed by atoms with van der Waals surface area (Å²) in [6, 6.07) is 6.73. The van der Waals surface area contributed by atoms with Crippen molar-refractivity contribution in [3.05, 3.63) is 29.3 Å². The SMILES string of the molecule is NCCCCc1cccc2c1SCC2. The molecule has 0 amide bonds. The van der Waals surface area contributed by atoms with Crippen LogP contribution < -0.4 is 5.73 Å². The summed E-state index contributed by atoms with van der Waals surface area (Å²) in [7, 11) is 0. The summed E-state index contributed by atoms with van der Waals surface area (Å²) in [5.41, 5.74) is 8.60. The van der Waals surface area contributed by atoms with E-state index in [1.807, 2.05) is 11.8 Å².